The molecule has 3 rings (SSSR count). The molecule has 116 valence electrons. The maximum absolute atomic E-state index is 13.0. The van der Waals surface area contributed by atoms with Crippen LogP contribution in [0.5, 0.6) is 0 Å². The van der Waals surface area contributed by atoms with Crippen molar-refractivity contribution >= 4 is 69.2 Å². The molecular weight excluding hydrogens is 376 g/mol. The van der Waals surface area contributed by atoms with Gasteiger partial charge < -0.3 is 0 Å². The highest BCUT2D eigenvalue weighted by Gasteiger charge is 2.33. The predicted molar refractivity (Wildman–Crippen MR) is 98.5 cm³/mol. The summed E-state index contributed by atoms with van der Waals surface area (Å²) in [4.78, 5) is 14.4. The lowest BCUT2D eigenvalue weighted by Gasteiger charge is -2.14. The Kier molecular flexibility index (Phi) is 4.73. The Balaban J connectivity index is 1.94. The summed E-state index contributed by atoms with van der Waals surface area (Å²) < 4.78 is 13.4. The summed E-state index contributed by atoms with van der Waals surface area (Å²) in [6.45, 7) is 0. The summed E-state index contributed by atoms with van der Waals surface area (Å²) in [6.07, 6.45) is 1.67. The molecule has 1 saturated heterocycles. The smallest absolute Gasteiger partial charge is 0.268 e. The summed E-state index contributed by atoms with van der Waals surface area (Å²) in [7, 11) is 0. The molecule has 0 radical (unpaired) electrons. The van der Waals surface area contributed by atoms with Crippen LogP contribution in [0.15, 0.2) is 47.4 Å². The molecule has 0 aromatic heterocycles. The van der Waals surface area contributed by atoms with Crippen LogP contribution in [-0.2, 0) is 4.79 Å². The standard InChI is InChI=1S/C16H8Cl2FNOS2/c17-10-2-1-9(13(18)8-10)7-14-15(21)20(16(22)23-14)12-5-3-11(19)4-6-12/h1-8H/b14-7-. The molecule has 0 bridgehead atoms. The Morgan fingerprint density at radius 1 is 1.13 bits per heavy atom. The number of hydrogen-bond donors (Lipinski definition) is 0. The van der Waals surface area contributed by atoms with Gasteiger partial charge in [-0.1, -0.05) is 53.2 Å². The number of thiocarbonyl (C=S) groups is 1. The molecule has 1 amide bonds. The third-order valence-electron chi connectivity index (χ3n) is 3.13. The van der Waals surface area contributed by atoms with Crippen LogP contribution < -0.4 is 4.90 Å². The minimum atomic E-state index is -0.373. The van der Waals surface area contributed by atoms with Gasteiger partial charge in [0.25, 0.3) is 5.91 Å². The molecule has 0 aliphatic carbocycles. The number of hydrogen-bond acceptors (Lipinski definition) is 3. The molecular formula is C16H8Cl2FNOS2. The minimum Gasteiger partial charge on any atom is -0.268 e. The van der Waals surface area contributed by atoms with Gasteiger partial charge in [0.15, 0.2) is 4.32 Å². The number of thioether (sulfide) groups is 1. The van der Waals surface area contributed by atoms with E-state index in [1.165, 1.54) is 40.9 Å². The largest absolute Gasteiger partial charge is 0.270 e. The maximum atomic E-state index is 13.0. The number of benzene rings is 2. The van der Waals surface area contributed by atoms with Gasteiger partial charge >= 0.3 is 0 Å². The fourth-order valence-corrected chi connectivity index (χ4v) is 3.79. The van der Waals surface area contributed by atoms with E-state index in [4.69, 9.17) is 35.4 Å². The first kappa shape index (κ1) is 16.5. The van der Waals surface area contributed by atoms with Crippen molar-refractivity contribution in [3.05, 3.63) is 68.8 Å². The third-order valence-corrected chi connectivity index (χ3v) is 4.99. The van der Waals surface area contributed by atoms with E-state index in [0.29, 0.717) is 30.5 Å². The van der Waals surface area contributed by atoms with E-state index in [1.807, 2.05) is 0 Å². The van der Waals surface area contributed by atoms with Gasteiger partial charge in [0.2, 0.25) is 0 Å². The number of amides is 1. The fraction of sp³-hybridized carbons (Fsp3) is 0. The second-order valence-electron chi connectivity index (χ2n) is 4.66. The van der Waals surface area contributed by atoms with Gasteiger partial charge in [-0.05, 0) is 48.0 Å². The average molecular weight is 384 g/mol. The van der Waals surface area contributed by atoms with Gasteiger partial charge in [0.1, 0.15) is 5.82 Å². The Morgan fingerprint density at radius 2 is 1.83 bits per heavy atom. The van der Waals surface area contributed by atoms with Gasteiger partial charge in [0.05, 0.1) is 10.6 Å². The summed E-state index contributed by atoms with van der Waals surface area (Å²) in [5.74, 6) is -0.639. The van der Waals surface area contributed by atoms with E-state index in [-0.39, 0.29) is 11.7 Å². The summed E-state index contributed by atoms with van der Waals surface area (Å²) in [5.41, 5.74) is 1.20. The van der Waals surface area contributed by atoms with Crippen LogP contribution in [0.1, 0.15) is 5.56 Å². The highest BCUT2D eigenvalue weighted by Crippen LogP contribution is 2.37. The molecule has 2 nitrogen and oxygen atoms in total. The predicted octanol–water partition coefficient (Wildman–Crippen LogP) is 5.54. The highest BCUT2D eigenvalue weighted by molar-refractivity contribution is 8.27. The number of halogens is 3. The lowest BCUT2D eigenvalue weighted by atomic mass is 10.2. The van der Waals surface area contributed by atoms with Crippen molar-refractivity contribution < 1.29 is 9.18 Å². The Labute approximate surface area is 151 Å². The zero-order valence-electron chi connectivity index (χ0n) is 11.4. The van der Waals surface area contributed by atoms with Crippen molar-refractivity contribution in [3.63, 3.8) is 0 Å². The number of anilines is 1. The first-order valence-corrected chi connectivity index (χ1v) is 8.42. The second-order valence-corrected chi connectivity index (χ2v) is 7.18. The molecule has 23 heavy (non-hydrogen) atoms. The first-order chi connectivity index (χ1) is 11.0. The molecule has 7 heteroatoms. The van der Waals surface area contributed by atoms with E-state index in [9.17, 15) is 9.18 Å². The van der Waals surface area contributed by atoms with E-state index in [2.05, 4.69) is 0 Å². The molecule has 1 aliphatic heterocycles. The number of carbonyl (C=O) groups excluding carboxylic acids is 1. The molecule has 2 aromatic rings. The van der Waals surface area contributed by atoms with Crippen molar-refractivity contribution in [1.82, 2.24) is 0 Å². The van der Waals surface area contributed by atoms with Crippen LogP contribution in [0.3, 0.4) is 0 Å². The van der Waals surface area contributed by atoms with Gasteiger partial charge in [0, 0.05) is 10.0 Å². The number of rotatable bonds is 2. The maximum Gasteiger partial charge on any atom is 0.270 e. The average Bonchev–Trinajstić information content (AvgIpc) is 2.78. The molecule has 0 atom stereocenters. The topological polar surface area (TPSA) is 20.3 Å². The Bertz CT molecular complexity index is 836. The molecule has 1 aliphatic rings. The second kappa shape index (κ2) is 6.61. The first-order valence-electron chi connectivity index (χ1n) is 6.44. The molecule has 0 N–H and O–H groups in total. The van der Waals surface area contributed by atoms with Gasteiger partial charge in [-0.15, -0.1) is 0 Å². The van der Waals surface area contributed by atoms with Crippen LogP contribution in [0.2, 0.25) is 10.0 Å². The minimum absolute atomic E-state index is 0.266. The highest BCUT2D eigenvalue weighted by atomic mass is 35.5. The third kappa shape index (κ3) is 3.43. The summed E-state index contributed by atoms with van der Waals surface area (Å²) in [5, 5.41) is 0.968. The van der Waals surface area contributed by atoms with E-state index in [0.717, 1.165) is 0 Å². The molecule has 0 unspecified atom stereocenters. The summed E-state index contributed by atoms with van der Waals surface area (Å²) in [6, 6.07) is 10.6. The fourth-order valence-electron chi connectivity index (χ4n) is 2.04. The molecule has 1 fully saturated rings. The van der Waals surface area contributed by atoms with Crippen molar-refractivity contribution in [2.24, 2.45) is 0 Å². The van der Waals surface area contributed by atoms with Crippen molar-refractivity contribution in [2.45, 2.75) is 0 Å². The van der Waals surface area contributed by atoms with Crippen molar-refractivity contribution in [3.8, 4) is 0 Å². The molecule has 2 aromatic carbocycles. The lowest BCUT2D eigenvalue weighted by molar-refractivity contribution is -0.113. The molecule has 0 spiro atoms. The quantitative estimate of drug-likeness (QED) is 0.501. The zero-order valence-corrected chi connectivity index (χ0v) is 14.6. The number of nitrogens with zero attached hydrogens (tertiary/aromatic N) is 1. The van der Waals surface area contributed by atoms with Crippen LogP contribution >= 0.6 is 47.2 Å². The Morgan fingerprint density at radius 3 is 2.48 bits per heavy atom. The monoisotopic (exact) mass is 383 g/mol. The van der Waals surface area contributed by atoms with Gasteiger partial charge in [-0.2, -0.15) is 0 Å². The van der Waals surface area contributed by atoms with E-state index < -0.39 is 0 Å². The lowest BCUT2D eigenvalue weighted by Crippen LogP contribution is -2.27. The molecule has 1 heterocycles. The van der Waals surface area contributed by atoms with Crippen molar-refractivity contribution in [1.29, 1.82) is 0 Å². The van der Waals surface area contributed by atoms with Crippen LogP contribution in [-0.4, -0.2) is 10.2 Å². The van der Waals surface area contributed by atoms with Gasteiger partial charge in [-0.3, -0.25) is 9.69 Å². The van der Waals surface area contributed by atoms with Crippen molar-refractivity contribution in [2.75, 3.05) is 4.90 Å². The van der Waals surface area contributed by atoms with Crippen LogP contribution in [0, 0.1) is 5.82 Å². The summed E-state index contributed by atoms with van der Waals surface area (Å²) >= 11 is 18.4. The van der Waals surface area contributed by atoms with Crippen LogP contribution in [0.25, 0.3) is 6.08 Å². The normalized spacial score (nSPS) is 16.5. The van der Waals surface area contributed by atoms with E-state index in [1.54, 1.807) is 24.3 Å². The molecule has 0 saturated carbocycles. The zero-order chi connectivity index (χ0) is 16.6. The SMILES string of the molecule is O=C1/C(=C/c2ccc(Cl)cc2Cl)SC(=S)N1c1ccc(F)cc1. The Hall–Kier alpha value is -1.40. The van der Waals surface area contributed by atoms with Crippen LogP contribution in [0.4, 0.5) is 10.1 Å². The van der Waals surface area contributed by atoms with Gasteiger partial charge in [-0.25, -0.2) is 4.39 Å². The number of carbonyl (C=O) groups is 1. The van der Waals surface area contributed by atoms with E-state index >= 15 is 0 Å².